The first kappa shape index (κ1) is 19.1. The number of aromatic hydroxyl groups is 1. The summed E-state index contributed by atoms with van der Waals surface area (Å²) in [5, 5.41) is 25.1. The monoisotopic (exact) mass is 392 g/mol. The molecule has 0 aliphatic rings. The average Bonchev–Trinajstić information content (AvgIpc) is 3.12. The number of hydrogen-bond acceptors (Lipinski definition) is 5. The molecule has 3 aromatic carbocycles. The van der Waals surface area contributed by atoms with Crippen LogP contribution in [0.2, 0.25) is 0 Å². The molecule has 1 atom stereocenters. The van der Waals surface area contributed by atoms with Crippen molar-refractivity contribution >= 4 is 21.8 Å². The molecule has 6 nitrogen and oxygen atoms in total. The molecule has 0 spiro atoms. The maximum atomic E-state index is 10.2. The standard InChI is InChI=1S/C23H24N2O4/c26-16(14-24-12-13-28-21-10-4-3-9-20(21)27)15-29-22-11-5-8-19-23(22)17-6-1-2-7-18(17)25-19/h1-11,16,24-27H,12-15H2/t16-/m1/s1. The summed E-state index contributed by atoms with van der Waals surface area (Å²) in [7, 11) is 0. The number of aliphatic hydroxyl groups excluding tert-OH is 1. The summed E-state index contributed by atoms with van der Waals surface area (Å²) in [5.74, 6) is 1.32. The average molecular weight is 392 g/mol. The molecule has 0 fully saturated rings. The molecule has 0 saturated carbocycles. The number of aliphatic hydroxyl groups is 1. The molecule has 1 heterocycles. The van der Waals surface area contributed by atoms with Gasteiger partial charge in [-0.05, 0) is 30.3 Å². The third-order valence-corrected chi connectivity index (χ3v) is 4.70. The van der Waals surface area contributed by atoms with E-state index in [0.29, 0.717) is 25.4 Å². The molecule has 4 N–H and O–H groups in total. The maximum absolute atomic E-state index is 10.2. The van der Waals surface area contributed by atoms with E-state index in [-0.39, 0.29) is 12.4 Å². The minimum atomic E-state index is -0.652. The van der Waals surface area contributed by atoms with E-state index in [4.69, 9.17) is 9.47 Å². The first-order valence-electron chi connectivity index (χ1n) is 9.64. The van der Waals surface area contributed by atoms with Crippen molar-refractivity contribution in [2.45, 2.75) is 6.10 Å². The van der Waals surface area contributed by atoms with Crippen LogP contribution in [-0.4, -0.2) is 47.6 Å². The molecule has 29 heavy (non-hydrogen) atoms. The van der Waals surface area contributed by atoms with Crippen LogP contribution in [0, 0.1) is 0 Å². The van der Waals surface area contributed by atoms with E-state index in [1.165, 1.54) is 0 Å². The highest BCUT2D eigenvalue weighted by Crippen LogP contribution is 2.33. The molecule has 0 amide bonds. The van der Waals surface area contributed by atoms with Crippen LogP contribution >= 0.6 is 0 Å². The molecular weight excluding hydrogens is 368 g/mol. The van der Waals surface area contributed by atoms with Gasteiger partial charge in [-0.2, -0.15) is 0 Å². The number of phenolic OH excluding ortho intramolecular Hbond substituents is 1. The molecule has 0 radical (unpaired) electrons. The van der Waals surface area contributed by atoms with E-state index < -0.39 is 6.10 Å². The number of H-pyrrole nitrogens is 1. The molecule has 0 bridgehead atoms. The summed E-state index contributed by atoms with van der Waals surface area (Å²) in [6.07, 6.45) is -0.652. The molecule has 4 aromatic rings. The predicted octanol–water partition coefficient (Wildman–Crippen LogP) is 3.44. The summed E-state index contributed by atoms with van der Waals surface area (Å²) < 4.78 is 11.4. The number of para-hydroxylation sites is 3. The number of ether oxygens (including phenoxy) is 2. The number of nitrogens with one attached hydrogen (secondary N) is 2. The lowest BCUT2D eigenvalue weighted by atomic mass is 10.1. The van der Waals surface area contributed by atoms with Gasteiger partial charge in [0.15, 0.2) is 11.5 Å². The van der Waals surface area contributed by atoms with E-state index >= 15 is 0 Å². The van der Waals surface area contributed by atoms with Crippen LogP contribution in [0.25, 0.3) is 21.8 Å². The number of hydrogen-bond donors (Lipinski definition) is 4. The van der Waals surface area contributed by atoms with Crippen LogP contribution < -0.4 is 14.8 Å². The fraction of sp³-hybridized carbons (Fsp3) is 0.217. The Balaban J connectivity index is 1.27. The van der Waals surface area contributed by atoms with Crippen LogP contribution in [0.5, 0.6) is 17.2 Å². The number of aromatic nitrogens is 1. The molecule has 4 rings (SSSR count). The van der Waals surface area contributed by atoms with Gasteiger partial charge in [0.05, 0.1) is 5.52 Å². The summed E-state index contributed by atoms with van der Waals surface area (Å²) >= 11 is 0. The Morgan fingerprint density at radius 3 is 2.52 bits per heavy atom. The summed E-state index contributed by atoms with van der Waals surface area (Å²) in [4.78, 5) is 3.39. The third kappa shape index (κ3) is 4.45. The van der Waals surface area contributed by atoms with E-state index in [1.807, 2.05) is 36.4 Å². The lowest BCUT2D eigenvalue weighted by molar-refractivity contribution is 0.106. The Morgan fingerprint density at radius 1 is 0.862 bits per heavy atom. The summed E-state index contributed by atoms with van der Waals surface area (Å²) in [6, 6.07) is 20.8. The minimum Gasteiger partial charge on any atom is -0.504 e. The van der Waals surface area contributed by atoms with Crippen molar-refractivity contribution in [3.63, 3.8) is 0 Å². The van der Waals surface area contributed by atoms with Crippen LogP contribution in [0.3, 0.4) is 0 Å². The van der Waals surface area contributed by atoms with E-state index in [0.717, 1.165) is 27.6 Å². The Hall–Kier alpha value is -3.22. The molecule has 150 valence electrons. The van der Waals surface area contributed by atoms with E-state index in [2.05, 4.69) is 16.4 Å². The molecule has 6 heteroatoms. The lowest BCUT2D eigenvalue weighted by Crippen LogP contribution is -2.33. The number of phenols is 1. The van der Waals surface area contributed by atoms with Crippen molar-refractivity contribution in [1.82, 2.24) is 10.3 Å². The highest BCUT2D eigenvalue weighted by atomic mass is 16.5. The van der Waals surface area contributed by atoms with Crippen molar-refractivity contribution in [1.29, 1.82) is 0 Å². The zero-order valence-electron chi connectivity index (χ0n) is 16.0. The second-order valence-corrected chi connectivity index (χ2v) is 6.83. The van der Waals surface area contributed by atoms with Crippen LogP contribution in [0.1, 0.15) is 0 Å². The van der Waals surface area contributed by atoms with Gasteiger partial charge in [0.1, 0.15) is 25.1 Å². The van der Waals surface area contributed by atoms with Crippen molar-refractivity contribution in [2.24, 2.45) is 0 Å². The van der Waals surface area contributed by atoms with Gasteiger partial charge < -0.3 is 30.0 Å². The largest absolute Gasteiger partial charge is 0.504 e. The molecule has 0 unspecified atom stereocenters. The predicted molar refractivity (Wildman–Crippen MR) is 114 cm³/mol. The van der Waals surface area contributed by atoms with E-state index in [1.54, 1.807) is 24.3 Å². The smallest absolute Gasteiger partial charge is 0.160 e. The van der Waals surface area contributed by atoms with Gasteiger partial charge in [-0.3, -0.25) is 0 Å². The minimum absolute atomic E-state index is 0.118. The van der Waals surface area contributed by atoms with E-state index in [9.17, 15) is 10.2 Å². The SMILES string of the molecule is Oc1ccccc1OCCNC[C@@H](O)COc1cccc2[nH]c3ccccc3c12. The van der Waals surface area contributed by atoms with Gasteiger partial charge >= 0.3 is 0 Å². The summed E-state index contributed by atoms with van der Waals surface area (Å²) in [5.41, 5.74) is 2.07. The molecule has 0 aliphatic carbocycles. The van der Waals surface area contributed by atoms with Gasteiger partial charge in [-0.15, -0.1) is 0 Å². The topological polar surface area (TPSA) is 86.7 Å². The van der Waals surface area contributed by atoms with Crippen molar-refractivity contribution in [3.05, 3.63) is 66.7 Å². The Kier molecular flexibility index (Phi) is 5.84. The van der Waals surface area contributed by atoms with Gasteiger partial charge in [-0.25, -0.2) is 0 Å². The van der Waals surface area contributed by atoms with Crippen molar-refractivity contribution in [2.75, 3.05) is 26.3 Å². The summed E-state index contributed by atoms with van der Waals surface area (Å²) in [6.45, 7) is 1.50. The number of aromatic amines is 1. The second kappa shape index (κ2) is 8.86. The van der Waals surface area contributed by atoms with Gasteiger partial charge in [0.25, 0.3) is 0 Å². The normalized spacial score (nSPS) is 12.3. The Morgan fingerprint density at radius 2 is 1.62 bits per heavy atom. The third-order valence-electron chi connectivity index (χ3n) is 4.70. The highest BCUT2D eigenvalue weighted by Gasteiger charge is 2.11. The molecule has 0 saturated heterocycles. The highest BCUT2D eigenvalue weighted by molar-refractivity contribution is 6.10. The van der Waals surface area contributed by atoms with Crippen LogP contribution in [0.15, 0.2) is 66.7 Å². The first-order valence-corrected chi connectivity index (χ1v) is 9.64. The fourth-order valence-corrected chi connectivity index (χ4v) is 3.31. The van der Waals surface area contributed by atoms with Gasteiger partial charge in [0.2, 0.25) is 0 Å². The second-order valence-electron chi connectivity index (χ2n) is 6.83. The molecular formula is C23H24N2O4. The van der Waals surface area contributed by atoms with Gasteiger partial charge in [-0.1, -0.05) is 36.4 Å². The number of fused-ring (bicyclic) bond motifs is 3. The molecule has 0 aliphatic heterocycles. The van der Waals surface area contributed by atoms with Crippen molar-refractivity contribution in [3.8, 4) is 17.2 Å². The zero-order valence-corrected chi connectivity index (χ0v) is 16.0. The Labute approximate surface area is 168 Å². The first-order chi connectivity index (χ1) is 14.2. The quantitative estimate of drug-likeness (QED) is 0.328. The number of benzene rings is 3. The van der Waals surface area contributed by atoms with Gasteiger partial charge in [0, 0.05) is 29.4 Å². The fourth-order valence-electron chi connectivity index (χ4n) is 3.31. The maximum Gasteiger partial charge on any atom is 0.160 e. The van der Waals surface area contributed by atoms with Crippen LogP contribution in [-0.2, 0) is 0 Å². The van der Waals surface area contributed by atoms with Crippen molar-refractivity contribution < 1.29 is 19.7 Å². The molecule has 1 aromatic heterocycles. The lowest BCUT2D eigenvalue weighted by Gasteiger charge is -2.14. The zero-order chi connectivity index (χ0) is 20.1. The number of rotatable bonds is 9. The Bertz CT molecular complexity index is 1090. The van der Waals surface area contributed by atoms with Crippen LogP contribution in [0.4, 0.5) is 0 Å².